The average molecular weight is 389 g/mol. The zero-order chi connectivity index (χ0) is 21.2. The Labute approximate surface area is 169 Å². The van der Waals surface area contributed by atoms with Crippen LogP contribution in [0.5, 0.6) is 0 Å². The number of aromatic nitrogens is 1. The minimum Gasteiger partial charge on any atom is -0.444 e. The first-order valence-electron chi connectivity index (χ1n) is 9.97. The van der Waals surface area contributed by atoms with Gasteiger partial charge in [0, 0.05) is 30.3 Å². The van der Waals surface area contributed by atoms with Gasteiger partial charge in [-0.15, -0.1) is 0 Å². The van der Waals surface area contributed by atoms with E-state index in [-0.39, 0.29) is 6.09 Å². The Kier molecular flexibility index (Phi) is 6.82. The quantitative estimate of drug-likeness (QED) is 0.784. The first-order chi connectivity index (χ1) is 12.8. The average Bonchev–Trinajstić information content (AvgIpc) is 2.58. The fourth-order valence-electron chi connectivity index (χ4n) is 2.80. The van der Waals surface area contributed by atoms with Gasteiger partial charge in [-0.05, 0) is 73.4 Å². The maximum absolute atomic E-state index is 12.2. The summed E-state index contributed by atoms with van der Waals surface area (Å²) >= 11 is 0. The predicted molar refractivity (Wildman–Crippen MR) is 111 cm³/mol. The fourth-order valence-corrected chi connectivity index (χ4v) is 2.80. The summed E-state index contributed by atoms with van der Waals surface area (Å²) in [6.07, 6.45) is 1.46. The van der Waals surface area contributed by atoms with Gasteiger partial charge in [-0.1, -0.05) is 6.07 Å². The Morgan fingerprint density at radius 3 is 2.29 bits per heavy atom. The highest BCUT2D eigenvalue weighted by atomic mass is 16.6. The van der Waals surface area contributed by atoms with Gasteiger partial charge in [-0.2, -0.15) is 0 Å². The Bertz CT molecular complexity index is 672. The van der Waals surface area contributed by atoms with E-state index in [9.17, 15) is 9.90 Å². The molecular weight excluding hydrogens is 355 g/mol. The van der Waals surface area contributed by atoms with Crippen molar-refractivity contribution < 1.29 is 19.3 Å². The summed E-state index contributed by atoms with van der Waals surface area (Å²) < 4.78 is 11.3. The van der Waals surface area contributed by atoms with Gasteiger partial charge in [-0.25, -0.2) is 4.79 Å². The predicted octanol–water partition coefficient (Wildman–Crippen LogP) is 3.01. The van der Waals surface area contributed by atoms with Crippen LogP contribution in [0.4, 0.5) is 4.79 Å². The molecule has 1 N–H and O–H groups in total. The lowest BCUT2D eigenvalue weighted by Crippen LogP contribution is -2.49. The number of carbonyl (C=O) groups excluding carboxylic acids is 1. The Morgan fingerprint density at radius 1 is 1.14 bits per heavy atom. The second-order valence-corrected chi connectivity index (χ2v) is 9.53. The molecule has 1 aromatic rings. The highest BCUT2D eigenvalue weighted by Gasteiger charge is 2.36. The smallest absolute Gasteiger partial charge is 0.410 e. The van der Waals surface area contributed by atoms with Crippen molar-refractivity contribution in [3.05, 3.63) is 23.9 Å². The van der Waals surface area contributed by atoms with Crippen molar-refractivity contribution in [3.8, 4) is 0 Å². The molecule has 1 aliphatic heterocycles. The molecule has 0 bridgehead atoms. The van der Waals surface area contributed by atoms with Crippen molar-refractivity contribution >= 4 is 19.2 Å². The van der Waals surface area contributed by atoms with Crippen molar-refractivity contribution in [2.24, 2.45) is 0 Å². The second-order valence-electron chi connectivity index (χ2n) is 9.53. The minimum absolute atomic E-state index is 0.247. The van der Waals surface area contributed by atoms with E-state index in [0.29, 0.717) is 19.0 Å². The number of hydrogen-bond donors (Lipinski definition) is 1. The van der Waals surface area contributed by atoms with Crippen LogP contribution < -0.4 is 5.59 Å². The third-order valence-electron chi connectivity index (χ3n) is 5.30. The molecule has 1 radical (unpaired) electrons. The number of ether oxygens (including phenoxy) is 1. The molecule has 0 aromatic carbocycles. The van der Waals surface area contributed by atoms with Gasteiger partial charge in [0.15, 0.2) is 0 Å². The number of rotatable bonds is 5. The third-order valence-corrected chi connectivity index (χ3v) is 5.30. The molecule has 2 rings (SSSR count). The van der Waals surface area contributed by atoms with Crippen molar-refractivity contribution in [3.63, 3.8) is 0 Å². The van der Waals surface area contributed by atoms with Gasteiger partial charge in [0.05, 0.1) is 11.2 Å². The van der Waals surface area contributed by atoms with Gasteiger partial charge in [0.2, 0.25) is 0 Å². The van der Waals surface area contributed by atoms with Crippen LogP contribution in [0.1, 0.15) is 72.9 Å². The van der Waals surface area contributed by atoms with Crippen molar-refractivity contribution in [1.29, 1.82) is 0 Å². The maximum atomic E-state index is 12.2. The van der Waals surface area contributed by atoms with E-state index in [1.54, 1.807) is 26.2 Å². The summed E-state index contributed by atoms with van der Waals surface area (Å²) in [5.41, 5.74) is -0.457. The summed E-state index contributed by atoms with van der Waals surface area (Å²) in [5.74, 6) is 0.300. The molecule has 1 amide bonds. The molecule has 0 spiro atoms. The van der Waals surface area contributed by atoms with Crippen molar-refractivity contribution in [2.75, 3.05) is 13.1 Å². The Hall–Kier alpha value is -1.60. The van der Waals surface area contributed by atoms with Crippen LogP contribution in [-0.4, -0.2) is 58.5 Å². The van der Waals surface area contributed by atoms with E-state index in [0.717, 1.165) is 24.1 Å². The van der Waals surface area contributed by atoms with Gasteiger partial charge >= 0.3 is 13.6 Å². The number of nitrogens with zero attached hydrogens (tertiary/aromatic N) is 2. The summed E-state index contributed by atoms with van der Waals surface area (Å²) in [5, 5.41) is 10.2. The molecule has 0 saturated carbocycles. The van der Waals surface area contributed by atoms with E-state index >= 15 is 0 Å². The number of likely N-dealkylation sites (tertiary alicyclic amines) is 1. The molecule has 2 heterocycles. The molecular formula is C21H34BN2O4. The SMILES string of the molecule is CC(C)(C)OC(=O)N1CCC(c2cccc([B]OC(C)(C)C(C)(C)O)n2)CC1. The van der Waals surface area contributed by atoms with Gasteiger partial charge in [0.1, 0.15) is 5.60 Å². The summed E-state index contributed by atoms with van der Waals surface area (Å²) in [6.45, 7) is 14.1. The van der Waals surface area contributed by atoms with Crippen LogP contribution in [0, 0.1) is 0 Å². The Morgan fingerprint density at radius 2 is 1.75 bits per heavy atom. The first kappa shape index (κ1) is 22.7. The van der Waals surface area contributed by atoms with E-state index in [4.69, 9.17) is 14.4 Å². The molecule has 6 nitrogen and oxygen atoms in total. The van der Waals surface area contributed by atoms with Gasteiger partial charge in [-0.3, -0.25) is 4.98 Å². The molecule has 7 heteroatoms. The first-order valence-corrected chi connectivity index (χ1v) is 9.97. The number of aliphatic hydroxyl groups is 1. The molecule has 0 aliphatic carbocycles. The number of hydrogen-bond acceptors (Lipinski definition) is 5. The normalized spacial score (nSPS) is 16.8. The van der Waals surface area contributed by atoms with Crippen LogP contribution in [0.2, 0.25) is 0 Å². The van der Waals surface area contributed by atoms with Crippen LogP contribution in [-0.2, 0) is 9.39 Å². The Balaban J connectivity index is 1.94. The molecule has 1 aromatic heterocycles. The molecule has 1 fully saturated rings. The molecule has 0 atom stereocenters. The molecule has 1 saturated heterocycles. The highest BCUT2D eigenvalue weighted by molar-refractivity contribution is 6.45. The number of pyridine rings is 1. The highest BCUT2D eigenvalue weighted by Crippen LogP contribution is 2.27. The summed E-state index contributed by atoms with van der Waals surface area (Å²) in [6, 6.07) is 5.88. The fraction of sp³-hybridized carbons (Fsp3) is 0.714. The zero-order valence-electron chi connectivity index (χ0n) is 18.3. The van der Waals surface area contributed by atoms with Gasteiger partial charge < -0.3 is 19.4 Å². The lowest BCUT2D eigenvalue weighted by atomic mass is 9.84. The largest absolute Gasteiger partial charge is 0.444 e. The van der Waals surface area contributed by atoms with E-state index < -0.39 is 16.8 Å². The minimum atomic E-state index is -0.977. The van der Waals surface area contributed by atoms with E-state index in [2.05, 4.69) is 0 Å². The topological polar surface area (TPSA) is 71.9 Å². The molecule has 28 heavy (non-hydrogen) atoms. The summed E-state index contributed by atoms with van der Waals surface area (Å²) in [4.78, 5) is 18.7. The van der Waals surface area contributed by atoms with Crippen LogP contribution in [0.3, 0.4) is 0 Å². The summed E-state index contributed by atoms with van der Waals surface area (Å²) in [7, 11) is 1.61. The van der Waals surface area contributed by atoms with Crippen LogP contribution in [0.25, 0.3) is 0 Å². The zero-order valence-corrected chi connectivity index (χ0v) is 18.3. The maximum Gasteiger partial charge on any atom is 0.410 e. The van der Waals surface area contributed by atoms with Crippen LogP contribution >= 0.6 is 0 Å². The van der Waals surface area contributed by atoms with Crippen LogP contribution in [0.15, 0.2) is 18.2 Å². The van der Waals surface area contributed by atoms with Crippen molar-refractivity contribution in [1.82, 2.24) is 9.88 Å². The second kappa shape index (κ2) is 8.41. The van der Waals surface area contributed by atoms with E-state index in [1.807, 2.05) is 52.8 Å². The molecule has 1 aliphatic rings. The number of amides is 1. The third kappa shape index (κ3) is 6.21. The molecule has 155 valence electrons. The monoisotopic (exact) mass is 389 g/mol. The molecule has 0 unspecified atom stereocenters. The number of carbonyl (C=O) groups is 1. The van der Waals surface area contributed by atoms with Gasteiger partial charge in [0.25, 0.3) is 0 Å². The number of piperidine rings is 1. The van der Waals surface area contributed by atoms with E-state index in [1.165, 1.54) is 0 Å². The van der Waals surface area contributed by atoms with Crippen molar-refractivity contribution in [2.45, 2.75) is 84.0 Å². The standard InChI is InChI=1S/C21H34BN2O4/c1-19(2,3)27-18(25)24-13-11-15(12-14-24)16-9-8-10-17(23-16)22-28-21(6,7)20(4,5)26/h8-10,15,26H,11-14H2,1-7H3. The lowest BCUT2D eigenvalue weighted by molar-refractivity contribution is -0.0893. The lowest BCUT2D eigenvalue weighted by Gasteiger charge is -2.37.